The van der Waals surface area contributed by atoms with Crippen molar-refractivity contribution >= 4 is 17.7 Å². The van der Waals surface area contributed by atoms with E-state index < -0.39 is 12.1 Å². The molecule has 0 fully saturated rings. The zero-order valence-corrected chi connectivity index (χ0v) is 10.5. The van der Waals surface area contributed by atoms with Crippen molar-refractivity contribution in [3.63, 3.8) is 0 Å². The lowest BCUT2D eigenvalue weighted by atomic mass is 10.2. The topological polar surface area (TPSA) is 38.3 Å². The molecular weight excluding hydrogens is 259 g/mol. The fourth-order valence-corrected chi connectivity index (χ4v) is 1.32. The SMILES string of the molecule is C=Cc1ccc(OC(C)C)c(NC(=O)C(F)(F)F)c1. The van der Waals surface area contributed by atoms with Crippen LogP contribution in [0.15, 0.2) is 24.8 Å². The van der Waals surface area contributed by atoms with Crippen LogP contribution in [0.1, 0.15) is 19.4 Å². The molecule has 0 saturated carbocycles. The van der Waals surface area contributed by atoms with E-state index in [9.17, 15) is 18.0 Å². The molecule has 0 saturated heterocycles. The van der Waals surface area contributed by atoms with E-state index >= 15 is 0 Å². The van der Waals surface area contributed by atoms with Crippen LogP contribution in [0, 0.1) is 0 Å². The number of ether oxygens (including phenoxy) is 1. The Labute approximate surface area is 109 Å². The molecule has 0 aliphatic carbocycles. The van der Waals surface area contributed by atoms with Gasteiger partial charge >= 0.3 is 12.1 Å². The summed E-state index contributed by atoms with van der Waals surface area (Å²) in [6, 6.07) is 4.49. The van der Waals surface area contributed by atoms with E-state index in [0.29, 0.717) is 5.56 Å². The third-order valence-corrected chi connectivity index (χ3v) is 2.11. The molecule has 0 aromatic heterocycles. The molecule has 0 unspecified atom stereocenters. The Morgan fingerprint density at radius 1 is 1.42 bits per heavy atom. The maximum atomic E-state index is 12.2. The highest BCUT2D eigenvalue weighted by molar-refractivity contribution is 5.96. The van der Waals surface area contributed by atoms with Gasteiger partial charge in [-0.25, -0.2) is 0 Å². The van der Waals surface area contributed by atoms with Crippen LogP contribution in [0.3, 0.4) is 0 Å². The van der Waals surface area contributed by atoms with Crippen LogP contribution in [0.5, 0.6) is 5.75 Å². The predicted molar refractivity (Wildman–Crippen MR) is 67.0 cm³/mol. The first kappa shape index (κ1) is 15.1. The molecule has 0 atom stereocenters. The van der Waals surface area contributed by atoms with Crippen molar-refractivity contribution in [1.29, 1.82) is 0 Å². The number of nitrogens with one attached hydrogen (secondary N) is 1. The van der Waals surface area contributed by atoms with Gasteiger partial charge in [0.05, 0.1) is 11.8 Å². The smallest absolute Gasteiger partial charge is 0.471 e. The van der Waals surface area contributed by atoms with Crippen molar-refractivity contribution in [3.05, 3.63) is 30.3 Å². The van der Waals surface area contributed by atoms with Gasteiger partial charge in [0.2, 0.25) is 0 Å². The van der Waals surface area contributed by atoms with Crippen LogP contribution in [-0.4, -0.2) is 18.2 Å². The average Bonchev–Trinajstić information content (AvgIpc) is 2.29. The average molecular weight is 273 g/mol. The lowest BCUT2D eigenvalue weighted by Crippen LogP contribution is -2.30. The Morgan fingerprint density at radius 2 is 2.05 bits per heavy atom. The number of anilines is 1. The lowest BCUT2D eigenvalue weighted by Gasteiger charge is -2.16. The van der Waals surface area contributed by atoms with E-state index in [0.717, 1.165) is 0 Å². The molecule has 0 bridgehead atoms. The maximum Gasteiger partial charge on any atom is 0.471 e. The first-order valence-corrected chi connectivity index (χ1v) is 5.55. The minimum absolute atomic E-state index is 0.0339. The monoisotopic (exact) mass is 273 g/mol. The molecule has 1 rings (SSSR count). The summed E-state index contributed by atoms with van der Waals surface area (Å²) in [5.74, 6) is -1.86. The Bertz CT molecular complexity index is 481. The minimum Gasteiger partial charge on any atom is -0.489 e. The van der Waals surface area contributed by atoms with E-state index in [1.807, 2.05) is 0 Å². The first-order chi connectivity index (χ1) is 8.74. The molecule has 0 aliphatic heterocycles. The van der Waals surface area contributed by atoms with Crippen LogP contribution < -0.4 is 10.1 Å². The van der Waals surface area contributed by atoms with Crippen LogP contribution >= 0.6 is 0 Å². The number of hydrogen-bond acceptors (Lipinski definition) is 2. The number of carbonyl (C=O) groups excluding carboxylic acids is 1. The van der Waals surface area contributed by atoms with E-state index in [4.69, 9.17) is 4.74 Å². The molecule has 6 heteroatoms. The van der Waals surface area contributed by atoms with E-state index in [1.165, 1.54) is 18.2 Å². The van der Waals surface area contributed by atoms with Gasteiger partial charge < -0.3 is 10.1 Å². The van der Waals surface area contributed by atoms with Crippen LogP contribution in [0.25, 0.3) is 6.08 Å². The van der Waals surface area contributed by atoms with Crippen molar-refractivity contribution in [2.45, 2.75) is 26.1 Å². The fraction of sp³-hybridized carbons (Fsp3) is 0.308. The second kappa shape index (κ2) is 5.77. The Morgan fingerprint density at radius 3 is 2.53 bits per heavy atom. The van der Waals surface area contributed by atoms with E-state index in [1.54, 1.807) is 25.2 Å². The second-order valence-corrected chi connectivity index (χ2v) is 4.08. The summed E-state index contributed by atoms with van der Waals surface area (Å²) < 4.78 is 42.1. The predicted octanol–water partition coefficient (Wildman–Crippen LogP) is 3.62. The number of amides is 1. The molecular formula is C13H14F3NO2. The number of carbonyl (C=O) groups is 1. The summed E-state index contributed by atoms with van der Waals surface area (Å²) in [6.45, 7) is 6.98. The second-order valence-electron chi connectivity index (χ2n) is 4.08. The summed E-state index contributed by atoms with van der Waals surface area (Å²) in [4.78, 5) is 11.0. The first-order valence-electron chi connectivity index (χ1n) is 5.55. The van der Waals surface area contributed by atoms with Gasteiger partial charge in [-0.1, -0.05) is 18.7 Å². The number of hydrogen-bond donors (Lipinski definition) is 1. The Balaban J connectivity index is 3.07. The maximum absolute atomic E-state index is 12.2. The van der Waals surface area contributed by atoms with E-state index in [-0.39, 0.29) is 17.5 Å². The molecule has 104 valence electrons. The summed E-state index contributed by atoms with van der Waals surface area (Å²) in [7, 11) is 0. The quantitative estimate of drug-likeness (QED) is 0.910. The zero-order chi connectivity index (χ0) is 14.6. The van der Waals surface area contributed by atoms with Crippen molar-refractivity contribution in [2.75, 3.05) is 5.32 Å². The molecule has 0 heterocycles. The Hall–Kier alpha value is -1.98. The molecule has 1 aromatic carbocycles. The Kier molecular flexibility index (Phi) is 4.58. The van der Waals surface area contributed by atoms with Crippen molar-refractivity contribution in [3.8, 4) is 5.75 Å². The summed E-state index contributed by atoms with van der Waals surface area (Å²) >= 11 is 0. The van der Waals surface area contributed by atoms with Crippen LogP contribution in [0.4, 0.5) is 18.9 Å². The van der Waals surface area contributed by atoms with Gasteiger partial charge in [0.1, 0.15) is 5.75 Å². The summed E-state index contributed by atoms with van der Waals surface area (Å²) in [6.07, 6.45) is -3.71. The van der Waals surface area contributed by atoms with Gasteiger partial charge in [0.25, 0.3) is 0 Å². The minimum atomic E-state index is -4.95. The third-order valence-electron chi connectivity index (χ3n) is 2.11. The highest BCUT2D eigenvalue weighted by atomic mass is 19.4. The lowest BCUT2D eigenvalue weighted by molar-refractivity contribution is -0.167. The summed E-state index contributed by atoms with van der Waals surface area (Å²) in [5, 5.41) is 1.79. The van der Waals surface area contributed by atoms with Gasteiger partial charge in [-0.05, 0) is 31.5 Å². The van der Waals surface area contributed by atoms with Crippen molar-refractivity contribution in [1.82, 2.24) is 0 Å². The highest BCUT2D eigenvalue weighted by Gasteiger charge is 2.39. The van der Waals surface area contributed by atoms with Gasteiger partial charge in [-0.2, -0.15) is 13.2 Å². The molecule has 3 nitrogen and oxygen atoms in total. The number of halogens is 3. The standard InChI is InChI=1S/C13H14F3NO2/c1-4-9-5-6-11(19-8(2)3)10(7-9)17-12(18)13(14,15)16/h4-8H,1H2,2-3H3,(H,17,18). The molecule has 1 amide bonds. The number of alkyl halides is 3. The largest absolute Gasteiger partial charge is 0.489 e. The normalized spacial score (nSPS) is 11.3. The molecule has 1 N–H and O–H groups in total. The van der Waals surface area contributed by atoms with Crippen LogP contribution in [-0.2, 0) is 4.79 Å². The molecule has 1 aromatic rings. The fourth-order valence-electron chi connectivity index (χ4n) is 1.32. The van der Waals surface area contributed by atoms with Gasteiger partial charge in [0, 0.05) is 0 Å². The molecule has 0 radical (unpaired) electrons. The van der Waals surface area contributed by atoms with Gasteiger partial charge in [0.15, 0.2) is 0 Å². The van der Waals surface area contributed by atoms with Crippen molar-refractivity contribution < 1.29 is 22.7 Å². The molecule has 0 aliphatic rings. The van der Waals surface area contributed by atoms with E-state index in [2.05, 4.69) is 6.58 Å². The summed E-state index contributed by atoms with van der Waals surface area (Å²) in [5.41, 5.74) is 0.544. The van der Waals surface area contributed by atoms with Crippen molar-refractivity contribution in [2.24, 2.45) is 0 Å². The zero-order valence-electron chi connectivity index (χ0n) is 10.5. The molecule has 0 spiro atoms. The number of benzene rings is 1. The van der Waals surface area contributed by atoms with Crippen LogP contribution in [0.2, 0.25) is 0 Å². The number of rotatable bonds is 4. The third kappa shape index (κ3) is 4.31. The highest BCUT2D eigenvalue weighted by Crippen LogP contribution is 2.29. The molecule has 19 heavy (non-hydrogen) atoms. The van der Waals surface area contributed by atoms with Gasteiger partial charge in [-0.15, -0.1) is 0 Å². The van der Waals surface area contributed by atoms with Gasteiger partial charge in [-0.3, -0.25) is 4.79 Å².